The standard InChI is InChI=1S/C23H21N5.3ClH.Cr/c1-2-8-17(9-3-1)14-28(15-22-24-18-10-4-5-11-19(18)25-22)16-23-26-20-12-6-7-13-21(20)27-23;;;;/h1-13H,14-16H2,(H,24,25)(H,26,27);3*1H;/q;;;;+4/p-3. The van der Waals surface area contributed by atoms with Gasteiger partial charge in [0.25, 0.3) is 0 Å². The van der Waals surface area contributed by atoms with Gasteiger partial charge < -0.3 is 9.97 Å². The molecule has 0 aliphatic carbocycles. The van der Waals surface area contributed by atoms with Crippen molar-refractivity contribution in [2.24, 2.45) is 0 Å². The van der Waals surface area contributed by atoms with Crippen LogP contribution in [0.3, 0.4) is 0 Å². The molecule has 32 heavy (non-hydrogen) atoms. The van der Waals surface area contributed by atoms with Crippen molar-refractivity contribution in [3.8, 4) is 0 Å². The molecule has 9 heteroatoms. The van der Waals surface area contributed by atoms with Crippen molar-refractivity contribution in [2.75, 3.05) is 0 Å². The summed E-state index contributed by atoms with van der Waals surface area (Å²) in [6.07, 6.45) is 0. The van der Waals surface area contributed by atoms with Gasteiger partial charge >= 0.3 is 41.5 Å². The summed E-state index contributed by atoms with van der Waals surface area (Å²) >= 11 is -1.62. The predicted molar refractivity (Wildman–Crippen MR) is 129 cm³/mol. The number of rotatable bonds is 6. The second-order valence-corrected chi connectivity index (χ2v) is 13.5. The van der Waals surface area contributed by atoms with Gasteiger partial charge in [0.1, 0.15) is 11.6 Å². The minimum absolute atomic E-state index is 0.723. The SMILES string of the molecule is [Cl][Cr+]([Cl])[Cl].c1ccc(CN(Cc2nc3ccccc3[nH]2)Cc2nc3ccccc3[nH]2)cc1. The number of fused-ring (bicyclic) bond motifs is 2. The maximum absolute atomic E-state index is 4.93. The summed E-state index contributed by atoms with van der Waals surface area (Å²) in [5, 5.41) is 0. The van der Waals surface area contributed by atoms with Gasteiger partial charge in [-0.3, -0.25) is 4.90 Å². The van der Waals surface area contributed by atoms with E-state index in [1.54, 1.807) is 0 Å². The van der Waals surface area contributed by atoms with Gasteiger partial charge in [-0.25, -0.2) is 9.97 Å². The fourth-order valence-electron chi connectivity index (χ4n) is 3.59. The Balaban J connectivity index is 0.000000567. The summed E-state index contributed by atoms with van der Waals surface area (Å²) in [4.78, 5) is 18.7. The first-order valence-electron chi connectivity index (χ1n) is 9.93. The summed E-state index contributed by atoms with van der Waals surface area (Å²) in [5.74, 6) is 1.93. The molecule has 0 amide bonds. The zero-order valence-electron chi connectivity index (χ0n) is 17.0. The minimum Gasteiger partial charge on any atom is -0.341 e. The molecule has 0 saturated carbocycles. The second-order valence-electron chi connectivity index (χ2n) is 7.21. The normalized spacial score (nSPS) is 11.3. The molecule has 5 nitrogen and oxygen atoms in total. The first-order valence-corrected chi connectivity index (χ1v) is 15.2. The van der Waals surface area contributed by atoms with Crippen LogP contribution in [0.1, 0.15) is 17.2 Å². The van der Waals surface area contributed by atoms with Gasteiger partial charge in [0.15, 0.2) is 0 Å². The van der Waals surface area contributed by atoms with E-state index in [4.69, 9.17) is 40.1 Å². The van der Waals surface area contributed by atoms with Gasteiger partial charge in [0, 0.05) is 6.54 Å². The number of hydrogen-bond donors (Lipinski definition) is 2. The monoisotopic (exact) mass is 524 g/mol. The van der Waals surface area contributed by atoms with Crippen molar-refractivity contribution in [1.82, 2.24) is 24.8 Å². The molecule has 2 N–H and O–H groups in total. The number of halogens is 3. The summed E-state index contributed by atoms with van der Waals surface area (Å²) in [7, 11) is 14.8. The largest absolute Gasteiger partial charge is 0.341 e. The Morgan fingerprint density at radius 1 is 0.625 bits per heavy atom. The maximum Gasteiger partial charge on any atom is 0.121 e. The first kappa shape index (κ1) is 23.1. The van der Waals surface area contributed by atoms with Gasteiger partial charge in [-0.05, 0) is 29.8 Å². The van der Waals surface area contributed by atoms with E-state index in [-0.39, 0.29) is 0 Å². The first-order chi connectivity index (χ1) is 15.6. The molecule has 2 aromatic heterocycles. The predicted octanol–water partition coefficient (Wildman–Crippen LogP) is 6.71. The molecule has 5 aromatic rings. The number of benzene rings is 3. The van der Waals surface area contributed by atoms with Gasteiger partial charge in [-0.15, -0.1) is 0 Å². The molecule has 0 saturated heterocycles. The molecule has 2 heterocycles. The fourth-order valence-corrected chi connectivity index (χ4v) is 3.59. The van der Waals surface area contributed by atoms with Gasteiger partial charge in [0.2, 0.25) is 0 Å². The molecule has 0 spiro atoms. The quantitative estimate of drug-likeness (QED) is 0.259. The summed E-state index contributed by atoms with van der Waals surface area (Å²) < 4.78 is 0. The van der Waals surface area contributed by atoms with Crippen LogP contribution in [0.5, 0.6) is 0 Å². The summed E-state index contributed by atoms with van der Waals surface area (Å²) in [6, 6.07) is 26.8. The average molecular weight is 526 g/mol. The van der Waals surface area contributed by atoms with E-state index in [1.165, 1.54) is 5.56 Å². The third-order valence-corrected chi connectivity index (χ3v) is 4.87. The van der Waals surface area contributed by atoms with Gasteiger partial charge in [-0.1, -0.05) is 54.6 Å². The molecule has 5 rings (SSSR count). The fraction of sp³-hybridized carbons (Fsp3) is 0.130. The Hall–Kier alpha value is -2.04. The van der Waals surface area contributed by atoms with Crippen LogP contribution in [0.4, 0.5) is 0 Å². The molecule has 3 aromatic carbocycles. The van der Waals surface area contributed by atoms with Gasteiger partial charge in [0.05, 0.1) is 35.2 Å². The molecule has 0 aliphatic rings. The van der Waals surface area contributed by atoms with Crippen molar-refractivity contribution < 1.29 is 11.4 Å². The van der Waals surface area contributed by atoms with E-state index in [1.807, 2.05) is 42.5 Å². The topological polar surface area (TPSA) is 60.6 Å². The Bertz CT molecular complexity index is 1130. The molecule has 0 radical (unpaired) electrons. The van der Waals surface area contributed by atoms with E-state index in [0.29, 0.717) is 0 Å². The number of nitrogens with one attached hydrogen (secondary N) is 2. The molecule has 0 bridgehead atoms. The number of para-hydroxylation sites is 4. The maximum atomic E-state index is 4.93. The molecule has 0 aliphatic heterocycles. The van der Waals surface area contributed by atoms with Crippen LogP contribution in [0.2, 0.25) is 0 Å². The van der Waals surface area contributed by atoms with Crippen LogP contribution in [0.25, 0.3) is 22.1 Å². The number of aromatic amines is 2. The van der Waals surface area contributed by atoms with E-state index in [9.17, 15) is 0 Å². The molecule has 0 atom stereocenters. The third-order valence-electron chi connectivity index (χ3n) is 4.87. The third kappa shape index (κ3) is 6.49. The van der Waals surface area contributed by atoms with Crippen molar-refractivity contribution in [3.05, 3.63) is 96.1 Å². The van der Waals surface area contributed by atoms with Gasteiger partial charge in [-0.2, -0.15) is 0 Å². The zero-order chi connectivity index (χ0) is 22.3. The number of aromatic nitrogens is 4. The van der Waals surface area contributed by atoms with Crippen LogP contribution in [-0.2, 0) is 31.0 Å². The Labute approximate surface area is 203 Å². The second kappa shape index (κ2) is 11.2. The zero-order valence-corrected chi connectivity index (χ0v) is 20.6. The number of nitrogens with zero attached hydrogens (tertiary/aromatic N) is 3. The molecular weight excluding hydrogens is 505 g/mol. The number of imidazole rings is 2. The van der Waals surface area contributed by atoms with E-state index in [2.05, 4.69) is 51.3 Å². The number of H-pyrrole nitrogens is 2. The van der Waals surface area contributed by atoms with Crippen LogP contribution in [0, 0.1) is 0 Å². The van der Waals surface area contributed by atoms with E-state index < -0.39 is 11.4 Å². The number of hydrogen-bond acceptors (Lipinski definition) is 3. The molecule has 164 valence electrons. The van der Waals surface area contributed by atoms with Crippen LogP contribution < -0.4 is 0 Å². The Kier molecular flexibility index (Phi) is 8.10. The van der Waals surface area contributed by atoms with Crippen molar-refractivity contribution in [3.63, 3.8) is 0 Å². The molecule has 0 fully saturated rings. The Morgan fingerprint density at radius 3 is 1.53 bits per heavy atom. The molecular formula is C23H21Cl3CrN5+. The van der Waals surface area contributed by atoms with Crippen molar-refractivity contribution >= 4 is 52.2 Å². The van der Waals surface area contributed by atoms with Crippen LogP contribution in [-0.4, -0.2) is 24.8 Å². The van der Waals surface area contributed by atoms with Crippen LogP contribution >= 0.6 is 30.1 Å². The van der Waals surface area contributed by atoms with Crippen molar-refractivity contribution in [1.29, 1.82) is 0 Å². The molecule has 0 unspecified atom stereocenters. The smallest absolute Gasteiger partial charge is 0.121 e. The minimum atomic E-state index is -1.62. The summed E-state index contributed by atoms with van der Waals surface area (Å²) in [5.41, 5.74) is 5.42. The summed E-state index contributed by atoms with van der Waals surface area (Å²) in [6.45, 7) is 2.27. The van der Waals surface area contributed by atoms with Crippen LogP contribution in [0.15, 0.2) is 78.9 Å². The average Bonchev–Trinajstić information content (AvgIpc) is 3.36. The van der Waals surface area contributed by atoms with Crippen molar-refractivity contribution in [2.45, 2.75) is 19.6 Å². The Morgan fingerprint density at radius 2 is 1.06 bits per heavy atom. The van der Waals surface area contributed by atoms with E-state index >= 15 is 0 Å². The van der Waals surface area contributed by atoms with E-state index in [0.717, 1.165) is 53.3 Å².